The molecule has 5 rings (SSSR count). The van der Waals surface area contributed by atoms with Crippen LogP contribution in [0.25, 0.3) is 0 Å². The average Bonchev–Trinajstić information content (AvgIpc) is 3.29. The first kappa shape index (κ1) is 24.1. The van der Waals surface area contributed by atoms with Crippen LogP contribution < -0.4 is 10.4 Å². The molecule has 1 atom stereocenters. The van der Waals surface area contributed by atoms with Crippen molar-refractivity contribution >= 4 is 30.1 Å². The lowest BCUT2D eigenvalue weighted by atomic mass is 9.75. The second-order valence-corrected chi connectivity index (χ2v) is 10.6. The molecular formula is C26H32BFN2O5. The second-order valence-electron chi connectivity index (χ2n) is 10.6. The Morgan fingerprint density at radius 1 is 1.17 bits per heavy atom. The zero-order valence-electron chi connectivity index (χ0n) is 21.0. The van der Waals surface area contributed by atoms with Gasteiger partial charge in [0.2, 0.25) is 0 Å². The van der Waals surface area contributed by atoms with Gasteiger partial charge in [0.25, 0.3) is 5.91 Å². The molecule has 3 aliphatic rings. The molecule has 1 unspecified atom stereocenters. The zero-order chi connectivity index (χ0) is 25.1. The molecule has 0 spiro atoms. The Hall–Kier alpha value is -2.65. The Balaban J connectivity index is 1.57. The third-order valence-corrected chi connectivity index (χ3v) is 7.82. The van der Waals surface area contributed by atoms with E-state index in [1.807, 2.05) is 39.8 Å². The molecular weight excluding hydrogens is 450 g/mol. The Morgan fingerprint density at radius 3 is 2.54 bits per heavy atom. The Morgan fingerprint density at radius 2 is 1.86 bits per heavy atom. The first-order chi connectivity index (χ1) is 16.5. The van der Waals surface area contributed by atoms with Crippen LogP contribution in [0.15, 0.2) is 24.3 Å². The fourth-order valence-corrected chi connectivity index (χ4v) is 5.24. The SMILES string of the molecule is CC(=O)OCc1c(B2OC(C)(C)C(C)(C)O2)cccc1N1CC(F)n2c(cc3c2CCCC3)C1=O. The molecule has 2 aromatic rings. The summed E-state index contributed by atoms with van der Waals surface area (Å²) in [6, 6.07) is 7.25. The molecule has 1 aromatic carbocycles. The number of amides is 1. The number of ether oxygens (including phenoxy) is 1. The quantitative estimate of drug-likeness (QED) is 0.489. The molecule has 1 fully saturated rings. The number of benzene rings is 1. The molecule has 0 saturated carbocycles. The summed E-state index contributed by atoms with van der Waals surface area (Å²) in [6.07, 6.45) is 2.35. The van der Waals surface area contributed by atoms with Crippen LogP contribution in [0.3, 0.4) is 0 Å². The molecule has 3 heterocycles. The summed E-state index contributed by atoms with van der Waals surface area (Å²) >= 11 is 0. The van der Waals surface area contributed by atoms with E-state index < -0.39 is 30.6 Å². The van der Waals surface area contributed by atoms with Crippen LogP contribution >= 0.6 is 0 Å². The van der Waals surface area contributed by atoms with Crippen LogP contribution in [0, 0.1) is 0 Å². The molecule has 186 valence electrons. The summed E-state index contributed by atoms with van der Waals surface area (Å²) in [7, 11) is -0.720. The van der Waals surface area contributed by atoms with E-state index in [2.05, 4.69) is 0 Å². The summed E-state index contributed by atoms with van der Waals surface area (Å²) in [5.74, 6) is -0.710. The van der Waals surface area contributed by atoms with Crippen LogP contribution in [0.2, 0.25) is 0 Å². The van der Waals surface area contributed by atoms with Crippen molar-refractivity contribution < 1.29 is 28.0 Å². The topological polar surface area (TPSA) is 70.0 Å². The average molecular weight is 482 g/mol. The maximum Gasteiger partial charge on any atom is 0.495 e. The van der Waals surface area contributed by atoms with Gasteiger partial charge in [-0.25, -0.2) is 4.39 Å². The lowest BCUT2D eigenvalue weighted by Crippen LogP contribution is -2.44. The zero-order valence-corrected chi connectivity index (χ0v) is 21.0. The number of halogens is 1. The van der Waals surface area contributed by atoms with Crippen molar-refractivity contribution in [2.45, 2.75) is 84.4 Å². The number of aryl methyl sites for hydroxylation is 1. The molecule has 1 aromatic heterocycles. The lowest BCUT2D eigenvalue weighted by molar-refractivity contribution is -0.142. The first-order valence-corrected chi connectivity index (χ1v) is 12.3. The summed E-state index contributed by atoms with van der Waals surface area (Å²) in [4.78, 5) is 26.8. The van der Waals surface area contributed by atoms with E-state index in [9.17, 15) is 9.59 Å². The van der Waals surface area contributed by atoms with Gasteiger partial charge in [-0.3, -0.25) is 9.59 Å². The smallest absolute Gasteiger partial charge is 0.461 e. The number of aromatic nitrogens is 1. The van der Waals surface area contributed by atoms with Crippen molar-refractivity contribution in [3.8, 4) is 0 Å². The lowest BCUT2D eigenvalue weighted by Gasteiger charge is -2.34. The summed E-state index contributed by atoms with van der Waals surface area (Å²) in [6.45, 7) is 8.97. The minimum atomic E-state index is -1.35. The fraction of sp³-hybridized carbons (Fsp3) is 0.538. The van der Waals surface area contributed by atoms with Crippen LogP contribution in [-0.4, -0.2) is 41.3 Å². The van der Waals surface area contributed by atoms with Crippen molar-refractivity contribution in [1.29, 1.82) is 0 Å². The molecule has 1 amide bonds. The van der Waals surface area contributed by atoms with Gasteiger partial charge in [0.15, 0.2) is 6.30 Å². The molecule has 0 radical (unpaired) electrons. The van der Waals surface area contributed by atoms with Gasteiger partial charge in [0.1, 0.15) is 12.3 Å². The molecule has 9 heteroatoms. The highest BCUT2D eigenvalue weighted by Gasteiger charge is 2.52. The fourth-order valence-electron chi connectivity index (χ4n) is 5.24. The van der Waals surface area contributed by atoms with Crippen LogP contribution in [-0.2, 0) is 38.3 Å². The standard InChI is InChI=1S/C26H32BFN2O5/c1-16(31)33-15-18-19(27-34-25(2,3)26(4,5)35-27)10-8-12-21(18)29-14-23(28)30-20-11-7-6-9-17(20)13-22(30)24(29)32/h8,10,12-13,23H,6-7,9,11,14-15H2,1-5H3. The van der Waals surface area contributed by atoms with Gasteiger partial charge in [0.05, 0.1) is 23.4 Å². The number of alkyl halides is 1. The summed E-state index contributed by atoms with van der Waals surface area (Å²) in [5, 5.41) is 0. The third kappa shape index (κ3) is 3.98. The van der Waals surface area contributed by atoms with Gasteiger partial charge in [-0.15, -0.1) is 0 Å². The molecule has 0 bridgehead atoms. The van der Waals surface area contributed by atoms with E-state index >= 15 is 4.39 Å². The van der Waals surface area contributed by atoms with Crippen molar-refractivity contribution in [2.75, 3.05) is 11.4 Å². The number of hydrogen-bond donors (Lipinski definition) is 0. The molecule has 2 aliphatic heterocycles. The predicted octanol–water partition coefficient (Wildman–Crippen LogP) is 3.86. The number of nitrogens with zero attached hydrogens (tertiary/aromatic N) is 2. The highest BCUT2D eigenvalue weighted by atomic mass is 19.1. The number of carbonyl (C=O) groups excluding carboxylic acids is 2. The first-order valence-electron chi connectivity index (χ1n) is 12.3. The van der Waals surface area contributed by atoms with E-state index in [-0.39, 0.29) is 19.1 Å². The van der Waals surface area contributed by atoms with E-state index in [1.165, 1.54) is 11.8 Å². The van der Waals surface area contributed by atoms with Crippen molar-refractivity contribution in [1.82, 2.24) is 4.57 Å². The number of rotatable bonds is 4. The van der Waals surface area contributed by atoms with Crippen molar-refractivity contribution in [3.05, 3.63) is 46.8 Å². The van der Waals surface area contributed by atoms with Crippen molar-refractivity contribution in [3.63, 3.8) is 0 Å². The van der Waals surface area contributed by atoms with E-state index in [0.29, 0.717) is 22.4 Å². The van der Waals surface area contributed by atoms with Crippen molar-refractivity contribution in [2.24, 2.45) is 0 Å². The highest BCUT2D eigenvalue weighted by molar-refractivity contribution is 6.62. The molecule has 7 nitrogen and oxygen atoms in total. The Labute approximate surface area is 205 Å². The van der Waals surface area contributed by atoms with Gasteiger partial charge < -0.3 is 23.5 Å². The summed E-state index contributed by atoms with van der Waals surface area (Å²) in [5.41, 5.74) is 2.96. The van der Waals surface area contributed by atoms with Crippen LogP contribution in [0.4, 0.5) is 10.1 Å². The minimum Gasteiger partial charge on any atom is -0.461 e. The minimum absolute atomic E-state index is 0.0802. The number of hydrogen-bond acceptors (Lipinski definition) is 5. The maximum atomic E-state index is 15.6. The maximum absolute atomic E-state index is 15.6. The number of anilines is 1. The van der Waals surface area contributed by atoms with Gasteiger partial charge >= 0.3 is 13.1 Å². The Kier molecular flexibility index (Phi) is 5.83. The van der Waals surface area contributed by atoms with Crippen LogP contribution in [0.5, 0.6) is 0 Å². The van der Waals surface area contributed by atoms with Gasteiger partial charge in [-0.1, -0.05) is 12.1 Å². The monoisotopic (exact) mass is 482 g/mol. The molecule has 1 aliphatic carbocycles. The number of carbonyl (C=O) groups is 2. The second kappa shape index (κ2) is 8.48. The molecule has 0 N–H and O–H groups in total. The normalized spacial score (nSPS) is 22.7. The molecule has 1 saturated heterocycles. The van der Waals surface area contributed by atoms with E-state index in [0.717, 1.165) is 36.9 Å². The summed E-state index contributed by atoms with van der Waals surface area (Å²) < 4.78 is 35.1. The third-order valence-electron chi connectivity index (χ3n) is 7.82. The largest absolute Gasteiger partial charge is 0.495 e. The van der Waals surface area contributed by atoms with E-state index in [1.54, 1.807) is 16.7 Å². The van der Waals surface area contributed by atoms with Gasteiger partial charge in [0, 0.05) is 18.2 Å². The number of fused-ring (bicyclic) bond motifs is 3. The highest BCUT2D eigenvalue weighted by Crippen LogP contribution is 2.39. The van der Waals surface area contributed by atoms with Gasteiger partial charge in [-0.05, 0) is 76.5 Å². The van der Waals surface area contributed by atoms with Gasteiger partial charge in [-0.2, -0.15) is 0 Å². The van der Waals surface area contributed by atoms with E-state index in [4.69, 9.17) is 14.0 Å². The van der Waals surface area contributed by atoms with Crippen LogP contribution in [0.1, 0.15) is 81.1 Å². The Bertz CT molecular complexity index is 1170. The number of esters is 1. The molecule has 35 heavy (non-hydrogen) atoms. The predicted molar refractivity (Wildman–Crippen MR) is 131 cm³/mol.